The fourth-order valence-electron chi connectivity index (χ4n) is 2.11. The molecule has 2 heterocycles. The van der Waals surface area contributed by atoms with Crippen LogP contribution in [0.5, 0.6) is 0 Å². The van der Waals surface area contributed by atoms with Crippen molar-refractivity contribution in [2.45, 2.75) is 20.3 Å². The minimum Gasteiger partial charge on any atom is -0.339 e. The number of nitrogens with zero attached hydrogens (tertiary/aromatic N) is 2. The number of rotatable bonds is 3. The summed E-state index contributed by atoms with van der Waals surface area (Å²) in [4.78, 5) is 10.6. The van der Waals surface area contributed by atoms with Crippen molar-refractivity contribution < 1.29 is 4.39 Å². The Morgan fingerprint density at radius 2 is 2.10 bits per heavy atom. The van der Waals surface area contributed by atoms with Crippen LogP contribution in [0.4, 0.5) is 15.9 Å². The molecule has 1 N–H and O–H groups in total. The van der Waals surface area contributed by atoms with Gasteiger partial charge in [-0.25, -0.2) is 9.37 Å². The number of nitrogens with one attached hydrogen (secondary N) is 1. The topological polar surface area (TPSA) is 37.8 Å². The van der Waals surface area contributed by atoms with Gasteiger partial charge >= 0.3 is 0 Å². The lowest BCUT2D eigenvalue weighted by Crippen LogP contribution is -1.98. The van der Waals surface area contributed by atoms with Gasteiger partial charge in [0, 0.05) is 10.6 Å². The third-order valence-corrected chi connectivity index (χ3v) is 4.55. The van der Waals surface area contributed by atoms with Crippen LogP contribution in [-0.4, -0.2) is 9.97 Å². The number of anilines is 2. The lowest BCUT2D eigenvalue weighted by Gasteiger charge is -2.09. The van der Waals surface area contributed by atoms with E-state index >= 15 is 0 Å². The average molecular weight is 322 g/mol. The van der Waals surface area contributed by atoms with Crippen molar-refractivity contribution in [3.63, 3.8) is 0 Å². The highest BCUT2D eigenvalue weighted by atomic mass is 35.5. The standard InChI is InChI=1S/C15H13ClFN3S/c1-3-10-7-11-13(19-15(16)20-14(11)21-10)18-12-5-4-9(17)6-8(12)2/h4-7H,3H2,1-2H3,(H,18,19,20). The second-order valence-corrected chi connectivity index (χ2v) is 6.16. The molecule has 0 saturated heterocycles. The van der Waals surface area contributed by atoms with Gasteiger partial charge in [0.15, 0.2) is 0 Å². The van der Waals surface area contributed by atoms with E-state index in [-0.39, 0.29) is 11.1 Å². The Hall–Kier alpha value is -1.72. The van der Waals surface area contributed by atoms with E-state index in [4.69, 9.17) is 11.6 Å². The molecule has 0 atom stereocenters. The van der Waals surface area contributed by atoms with Crippen molar-refractivity contribution in [1.82, 2.24) is 9.97 Å². The summed E-state index contributed by atoms with van der Waals surface area (Å²) in [5.41, 5.74) is 1.61. The number of benzene rings is 1. The van der Waals surface area contributed by atoms with Crippen molar-refractivity contribution in [3.05, 3.63) is 45.8 Å². The smallest absolute Gasteiger partial charge is 0.225 e. The maximum absolute atomic E-state index is 13.2. The first kappa shape index (κ1) is 14.2. The van der Waals surface area contributed by atoms with Crippen molar-refractivity contribution in [3.8, 4) is 0 Å². The molecule has 3 nitrogen and oxygen atoms in total. The second kappa shape index (κ2) is 5.58. The van der Waals surface area contributed by atoms with Crippen LogP contribution in [0.15, 0.2) is 24.3 Å². The maximum atomic E-state index is 13.2. The summed E-state index contributed by atoms with van der Waals surface area (Å²) >= 11 is 7.60. The molecule has 0 saturated carbocycles. The Bertz CT molecular complexity index is 816. The van der Waals surface area contributed by atoms with E-state index in [1.54, 1.807) is 17.4 Å². The zero-order valence-electron chi connectivity index (χ0n) is 11.6. The first-order chi connectivity index (χ1) is 10.1. The first-order valence-electron chi connectivity index (χ1n) is 6.56. The van der Waals surface area contributed by atoms with Gasteiger partial charge in [-0.15, -0.1) is 11.3 Å². The fraction of sp³-hybridized carbons (Fsp3) is 0.200. The van der Waals surface area contributed by atoms with Gasteiger partial charge in [0.25, 0.3) is 0 Å². The van der Waals surface area contributed by atoms with E-state index in [2.05, 4.69) is 28.3 Å². The molecule has 0 fully saturated rings. The molecule has 0 spiro atoms. The van der Waals surface area contributed by atoms with Gasteiger partial charge < -0.3 is 5.32 Å². The van der Waals surface area contributed by atoms with Gasteiger partial charge in [-0.05, 0) is 54.8 Å². The number of hydrogen-bond donors (Lipinski definition) is 1. The van der Waals surface area contributed by atoms with E-state index in [0.717, 1.165) is 27.9 Å². The second-order valence-electron chi connectivity index (χ2n) is 4.71. The lowest BCUT2D eigenvalue weighted by atomic mass is 10.2. The molecule has 0 bridgehead atoms. The molecule has 0 aliphatic heterocycles. The van der Waals surface area contributed by atoms with Crippen LogP contribution in [0.1, 0.15) is 17.4 Å². The van der Waals surface area contributed by atoms with Crippen LogP contribution in [0.3, 0.4) is 0 Å². The predicted molar refractivity (Wildman–Crippen MR) is 86.2 cm³/mol. The Kier molecular flexibility index (Phi) is 3.78. The highest BCUT2D eigenvalue weighted by Gasteiger charge is 2.11. The Morgan fingerprint density at radius 1 is 1.29 bits per heavy atom. The van der Waals surface area contributed by atoms with Gasteiger partial charge in [0.05, 0.1) is 5.39 Å². The molecule has 0 aliphatic carbocycles. The molecule has 0 unspecified atom stereocenters. The lowest BCUT2D eigenvalue weighted by molar-refractivity contribution is 0.627. The summed E-state index contributed by atoms with van der Waals surface area (Å²) < 4.78 is 13.2. The third kappa shape index (κ3) is 2.84. The molecule has 6 heteroatoms. The Balaban J connectivity index is 2.08. The number of halogens is 2. The maximum Gasteiger partial charge on any atom is 0.225 e. The summed E-state index contributed by atoms with van der Waals surface area (Å²) in [6.45, 7) is 3.94. The summed E-state index contributed by atoms with van der Waals surface area (Å²) in [7, 11) is 0. The van der Waals surface area contributed by atoms with Crippen LogP contribution in [0.25, 0.3) is 10.2 Å². The summed E-state index contributed by atoms with van der Waals surface area (Å²) in [6.07, 6.45) is 0.938. The summed E-state index contributed by atoms with van der Waals surface area (Å²) in [5.74, 6) is 0.392. The van der Waals surface area contributed by atoms with E-state index in [1.807, 2.05) is 6.92 Å². The van der Waals surface area contributed by atoms with Crippen LogP contribution < -0.4 is 5.32 Å². The number of hydrogen-bond acceptors (Lipinski definition) is 4. The first-order valence-corrected chi connectivity index (χ1v) is 7.75. The van der Waals surface area contributed by atoms with E-state index in [9.17, 15) is 4.39 Å². The quantitative estimate of drug-likeness (QED) is 0.682. The normalized spacial score (nSPS) is 11.0. The number of aryl methyl sites for hydroxylation is 2. The minimum absolute atomic E-state index is 0.203. The van der Waals surface area contributed by atoms with Gasteiger partial charge in [0.1, 0.15) is 16.5 Å². The molecular formula is C15H13ClFN3S. The molecule has 0 aliphatic rings. The average Bonchev–Trinajstić information content (AvgIpc) is 2.85. The molecule has 108 valence electrons. The number of thiophene rings is 1. The van der Waals surface area contributed by atoms with Crippen molar-refractivity contribution >= 4 is 44.7 Å². The van der Waals surface area contributed by atoms with Gasteiger partial charge in [-0.1, -0.05) is 6.92 Å². The molecule has 3 aromatic rings. The Labute approximate surface area is 130 Å². The molecular weight excluding hydrogens is 309 g/mol. The zero-order valence-corrected chi connectivity index (χ0v) is 13.1. The predicted octanol–water partition coefficient (Wildman–Crippen LogP) is 5.10. The van der Waals surface area contributed by atoms with E-state index in [1.165, 1.54) is 17.0 Å². The van der Waals surface area contributed by atoms with E-state index < -0.39 is 0 Å². The van der Waals surface area contributed by atoms with Gasteiger partial charge in [-0.2, -0.15) is 4.98 Å². The highest BCUT2D eigenvalue weighted by Crippen LogP contribution is 2.32. The van der Waals surface area contributed by atoms with Crippen molar-refractivity contribution in [2.24, 2.45) is 0 Å². The summed E-state index contributed by atoms with van der Waals surface area (Å²) in [5, 5.41) is 4.36. The SMILES string of the molecule is CCc1cc2c(Nc3ccc(F)cc3C)nc(Cl)nc2s1. The van der Waals surface area contributed by atoms with Crippen LogP contribution in [-0.2, 0) is 6.42 Å². The summed E-state index contributed by atoms with van der Waals surface area (Å²) in [6, 6.07) is 6.66. The molecule has 2 aromatic heterocycles. The van der Waals surface area contributed by atoms with E-state index in [0.29, 0.717) is 5.82 Å². The van der Waals surface area contributed by atoms with Gasteiger partial charge in [-0.3, -0.25) is 0 Å². The van der Waals surface area contributed by atoms with Crippen LogP contribution >= 0.6 is 22.9 Å². The number of fused-ring (bicyclic) bond motifs is 1. The third-order valence-electron chi connectivity index (χ3n) is 3.21. The molecule has 1 aromatic carbocycles. The minimum atomic E-state index is -0.257. The number of aromatic nitrogens is 2. The zero-order chi connectivity index (χ0) is 15.0. The highest BCUT2D eigenvalue weighted by molar-refractivity contribution is 7.18. The Morgan fingerprint density at radius 3 is 2.81 bits per heavy atom. The van der Waals surface area contributed by atoms with Crippen LogP contribution in [0, 0.1) is 12.7 Å². The molecule has 0 radical (unpaired) electrons. The largest absolute Gasteiger partial charge is 0.339 e. The fourth-order valence-corrected chi connectivity index (χ4v) is 3.30. The molecule has 3 rings (SSSR count). The molecule has 0 amide bonds. The van der Waals surface area contributed by atoms with Crippen molar-refractivity contribution in [2.75, 3.05) is 5.32 Å². The van der Waals surface area contributed by atoms with Crippen LogP contribution in [0.2, 0.25) is 5.28 Å². The monoisotopic (exact) mass is 321 g/mol. The van der Waals surface area contributed by atoms with Crippen molar-refractivity contribution in [1.29, 1.82) is 0 Å². The molecule has 21 heavy (non-hydrogen) atoms. The van der Waals surface area contributed by atoms with Gasteiger partial charge in [0.2, 0.25) is 5.28 Å².